The van der Waals surface area contributed by atoms with E-state index in [9.17, 15) is 13.6 Å². The van der Waals surface area contributed by atoms with Crippen molar-refractivity contribution in [3.8, 4) is 0 Å². The summed E-state index contributed by atoms with van der Waals surface area (Å²) in [5, 5.41) is 2.91. The van der Waals surface area contributed by atoms with Gasteiger partial charge in [-0.2, -0.15) is 0 Å². The molecule has 3 heterocycles. The predicted molar refractivity (Wildman–Crippen MR) is 112 cm³/mol. The number of morpholine rings is 1. The zero-order valence-electron chi connectivity index (χ0n) is 17.1. The van der Waals surface area contributed by atoms with Gasteiger partial charge < -0.3 is 19.9 Å². The summed E-state index contributed by atoms with van der Waals surface area (Å²) < 4.78 is 32.3. The molecule has 8 heteroatoms. The third kappa shape index (κ3) is 4.70. The molecule has 1 amide bonds. The minimum Gasteiger partial charge on any atom is -0.378 e. The van der Waals surface area contributed by atoms with Crippen molar-refractivity contribution in [3.05, 3.63) is 47.0 Å². The molecule has 6 nitrogen and oxygen atoms in total. The largest absolute Gasteiger partial charge is 0.378 e. The lowest BCUT2D eigenvalue weighted by atomic mass is 10.1. The highest BCUT2D eigenvalue weighted by Crippen LogP contribution is 2.33. The van der Waals surface area contributed by atoms with Gasteiger partial charge in [-0.3, -0.25) is 4.79 Å². The van der Waals surface area contributed by atoms with Crippen LogP contribution in [0.2, 0.25) is 0 Å². The third-order valence-electron chi connectivity index (χ3n) is 5.44. The lowest BCUT2D eigenvalue weighted by Crippen LogP contribution is -2.37. The summed E-state index contributed by atoms with van der Waals surface area (Å²) in [6.45, 7) is 6.65. The molecule has 1 N–H and O–H groups in total. The zero-order chi connectivity index (χ0) is 21.1. The van der Waals surface area contributed by atoms with Crippen molar-refractivity contribution >= 4 is 23.2 Å². The summed E-state index contributed by atoms with van der Waals surface area (Å²) in [5.74, 6) is -0.0598. The minimum absolute atomic E-state index is 0.113. The third-order valence-corrected chi connectivity index (χ3v) is 5.44. The first kappa shape index (κ1) is 20.5. The Morgan fingerprint density at radius 1 is 1.00 bits per heavy atom. The van der Waals surface area contributed by atoms with Crippen LogP contribution in [-0.4, -0.2) is 50.3 Å². The average molecular weight is 416 g/mol. The van der Waals surface area contributed by atoms with Crippen molar-refractivity contribution in [2.24, 2.45) is 0 Å². The van der Waals surface area contributed by atoms with Crippen molar-refractivity contribution < 1.29 is 18.3 Å². The fourth-order valence-corrected chi connectivity index (χ4v) is 4.04. The smallest absolute Gasteiger partial charge is 0.228 e. The second-order valence-corrected chi connectivity index (χ2v) is 7.80. The number of carbonyl (C=O) groups is 1. The zero-order valence-corrected chi connectivity index (χ0v) is 17.1. The summed E-state index contributed by atoms with van der Waals surface area (Å²) in [7, 11) is 0. The molecule has 0 bridgehead atoms. The minimum atomic E-state index is -0.692. The Morgan fingerprint density at radius 2 is 1.63 bits per heavy atom. The second-order valence-electron chi connectivity index (χ2n) is 7.80. The number of pyridine rings is 1. The first-order chi connectivity index (χ1) is 14.5. The van der Waals surface area contributed by atoms with E-state index < -0.39 is 11.6 Å². The summed E-state index contributed by atoms with van der Waals surface area (Å²) in [6.07, 6.45) is 2.05. The molecule has 0 spiro atoms. The predicted octanol–water partition coefficient (Wildman–Crippen LogP) is 3.29. The van der Waals surface area contributed by atoms with Gasteiger partial charge in [-0.15, -0.1) is 0 Å². The van der Waals surface area contributed by atoms with Gasteiger partial charge in [0.25, 0.3) is 0 Å². The Bertz CT molecular complexity index is 905. The van der Waals surface area contributed by atoms with E-state index in [4.69, 9.17) is 9.72 Å². The van der Waals surface area contributed by atoms with Gasteiger partial charge in [-0.1, -0.05) is 0 Å². The molecule has 2 fully saturated rings. The van der Waals surface area contributed by atoms with Crippen molar-refractivity contribution in [1.82, 2.24) is 4.98 Å². The number of anilines is 3. The topological polar surface area (TPSA) is 57.7 Å². The van der Waals surface area contributed by atoms with Crippen LogP contribution < -0.4 is 15.1 Å². The van der Waals surface area contributed by atoms with Gasteiger partial charge in [0.15, 0.2) is 5.82 Å². The van der Waals surface area contributed by atoms with Crippen molar-refractivity contribution in [1.29, 1.82) is 0 Å². The van der Waals surface area contributed by atoms with Gasteiger partial charge >= 0.3 is 0 Å². The Kier molecular flexibility index (Phi) is 6.13. The second kappa shape index (κ2) is 8.95. The van der Waals surface area contributed by atoms with Gasteiger partial charge in [0.2, 0.25) is 5.91 Å². The highest BCUT2D eigenvalue weighted by atomic mass is 19.1. The Labute approximate surface area is 174 Å². The Hall–Kier alpha value is -2.74. The molecule has 0 aliphatic carbocycles. The highest BCUT2D eigenvalue weighted by molar-refractivity contribution is 5.95. The molecule has 30 heavy (non-hydrogen) atoms. The van der Waals surface area contributed by atoms with Gasteiger partial charge in [0.1, 0.15) is 17.5 Å². The number of amides is 1. The van der Waals surface area contributed by atoms with Crippen LogP contribution in [0.5, 0.6) is 0 Å². The van der Waals surface area contributed by atoms with Crippen LogP contribution >= 0.6 is 0 Å². The number of aryl methyl sites for hydroxylation is 1. The summed E-state index contributed by atoms with van der Waals surface area (Å²) >= 11 is 0. The molecule has 1 aromatic carbocycles. The van der Waals surface area contributed by atoms with E-state index in [0.29, 0.717) is 24.5 Å². The van der Waals surface area contributed by atoms with Gasteiger partial charge in [-0.25, -0.2) is 13.8 Å². The lowest BCUT2D eigenvalue weighted by Gasteiger charge is -2.31. The fourth-order valence-electron chi connectivity index (χ4n) is 4.04. The number of rotatable bonds is 5. The van der Waals surface area contributed by atoms with Gasteiger partial charge in [0, 0.05) is 32.2 Å². The van der Waals surface area contributed by atoms with Crippen LogP contribution in [0.1, 0.15) is 24.0 Å². The summed E-state index contributed by atoms with van der Waals surface area (Å²) in [6, 6.07) is 5.09. The molecule has 0 atom stereocenters. The van der Waals surface area contributed by atoms with Crippen molar-refractivity contribution in [2.45, 2.75) is 26.2 Å². The average Bonchev–Trinajstić information content (AvgIpc) is 3.22. The fraction of sp³-hybridized carbons (Fsp3) is 0.455. The van der Waals surface area contributed by atoms with E-state index in [-0.39, 0.29) is 12.3 Å². The number of nitrogens with zero attached hydrogens (tertiary/aromatic N) is 3. The van der Waals surface area contributed by atoms with E-state index in [2.05, 4.69) is 15.1 Å². The number of carbonyl (C=O) groups excluding carboxylic acids is 1. The number of benzene rings is 1. The van der Waals surface area contributed by atoms with E-state index in [1.807, 2.05) is 13.0 Å². The van der Waals surface area contributed by atoms with Crippen molar-refractivity contribution in [2.75, 3.05) is 54.5 Å². The van der Waals surface area contributed by atoms with Crippen molar-refractivity contribution in [3.63, 3.8) is 0 Å². The SMILES string of the molecule is Cc1cc(NC(=O)Cc2cc(F)cc(F)c2)c(N2CCCC2)nc1N1CCOCC1. The summed E-state index contributed by atoms with van der Waals surface area (Å²) in [4.78, 5) is 22.0. The molecule has 160 valence electrons. The molecule has 2 aromatic rings. The molecule has 2 aliphatic rings. The number of aromatic nitrogens is 1. The molecular weight excluding hydrogens is 390 g/mol. The van der Waals surface area contributed by atoms with Crippen LogP contribution in [0.4, 0.5) is 26.1 Å². The maximum absolute atomic E-state index is 13.4. The lowest BCUT2D eigenvalue weighted by molar-refractivity contribution is -0.115. The number of halogens is 2. The van der Waals surface area contributed by atoms with E-state index in [1.165, 1.54) is 12.1 Å². The maximum atomic E-state index is 13.4. The number of hydrogen-bond donors (Lipinski definition) is 1. The highest BCUT2D eigenvalue weighted by Gasteiger charge is 2.23. The molecule has 4 rings (SSSR count). The quantitative estimate of drug-likeness (QED) is 0.811. The number of nitrogens with one attached hydrogen (secondary N) is 1. The van der Waals surface area contributed by atoms with Crippen LogP contribution in [0.15, 0.2) is 24.3 Å². The van der Waals surface area contributed by atoms with E-state index in [0.717, 1.165) is 62.3 Å². The van der Waals surface area contributed by atoms with Gasteiger partial charge in [0.05, 0.1) is 25.3 Å². The van der Waals surface area contributed by atoms with Crippen LogP contribution in [0.25, 0.3) is 0 Å². The number of ether oxygens (including phenoxy) is 1. The molecule has 1 aromatic heterocycles. The van der Waals surface area contributed by atoms with Crippen LogP contribution in [0.3, 0.4) is 0 Å². The molecule has 0 unspecified atom stereocenters. The maximum Gasteiger partial charge on any atom is 0.228 e. The standard InChI is InChI=1S/C22H26F2N4O2/c1-15-10-19(25-20(29)13-16-11-17(23)14-18(24)12-16)22(27-4-2-3-5-27)26-21(15)28-6-8-30-9-7-28/h10-12,14H,2-9,13H2,1H3,(H,25,29). The monoisotopic (exact) mass is 416 g/mol. The molecule has 0 saturated carbocycles. The van der Waals surface area contributed by atoms with E-state index in [1.54, 1.807) is 0 Å². The van der Waals surface area contributed by atoms with Crippen LogP contribution in [0, 0.1) is 18.6 Å². The molecular formula is C22H26F2N4O2. The van der Waals surface area contributed by atoms with E-state index >= 15 is 0 Å². The first-order valence-corrected chi connectivity index (χ1v) is 10.3. The molecule has 0 radical (unpaired) electrons. The molecule has 2 aliphatic heterocycles. The Balaban J connectivity index is 1.59. The first-order valence-electron chi connectivity index (χ1n) is 10.3. The number of hydrogen-bond acceptors (Lipinski definition) is 5. The van der Waals surface area contributed by atoms with Gasteiger partial charge in [-0.05, 0) is 49.1 Å². The Morgan fingerprint density at radius 3 is 2.30 bits per heavy atom. The summed E-state index contributed by atoms with van der Waals surface area (Å²) in [5.41, 5.74) is 1.89. The van der Waals surface area contributed by atoms with Crippen LogP contribution in [-0.2, 0) is 16.0 Å². The molecule has 2 saturated heterocycles. The normalized spacial score (nSPS) is 16.8.